The van der Waals surface area contributed by atoms with Crippen molar-refractivity contribution in [1.29, 1.82) is 0 Å². The number of rotatable bonds is 9. The van der Waals surface area contributed by atoms with Crippen molar-refractivity contribution in [3.63, 3.8) is 0 Å². The summed E-state index contributed by atoms with van der Waals surface area (Å²) in [6.45, 7) is 6.86. The molecule has 0 aliphatic heterocycles. The maximum atomic E-state index is 13.9. The maximum absolute atomic E-state index is 13.9. The predicted molar refractivity (Wildman–Crippen MR) is 145 cm³/mol. The van der Waals surface area contributed by atoms with Crippen molar-refractivity contribution in [2.75, 3.05) is 0 Å². The first-order valence-electron chi connectivity index (χ1n) is 13.6. The van der Waals surface area contributed by atoms with Crippen molar-refractivity contribution in [3.8, 4) is 22.5 Å². The minimum Gasteiger partial charge on any atom is -0.297 e. The van der Waals surface area contributed by atoms with Crippen LogP contribution in [0.5, 0.6) is 0 Å². The van der Waals surface area contributed by atoms with Gasteiger partial charge >= 0.3 is 5.69 Å². The number of nitrogens with zero attached hydrogens (tertiary/aromatic N) is 6. The van der Waals surface area contributed by atoms with E-state index in [-0.39, 0.29) is 23.4 Å². The Labute approximate surface area is 222 Å². The SMILES string of the molecule is CCCCc1cn(C2C(=O)CCCC2C(C)C)c(=O)n1Cc1cnccc1-c1ccc(-c2nn[nH]n2)cc1. The van der Waals surface area contributed by atoms with Gasteiger partial charge < -0.3 is 0 Å². The Morgan fingerprint density at radius 1 is 1.11 bits per heavy atom. The second kappa shape index (κ2) is 11.2. The number of pyridine rings is 1. The lowest BCUT2D eigenvalue weighted by atomic mass is 9.77. The highest BCUT2D eigenvalue weighted by Crippen LogP contribution is 2.36. The van der Waals surface area contributed by atoms with Crippen LogP contribution >= 0.6 is 0 Å². The van der Waals surface area contributed by atoms with E-state index in [1.807, 2.05) is 47.3 Å². The maximum Gasteiger partial charge on any atom is 0.329 e. The minimum atomic E-state index is -0.385. The minimum absolute atomic E-state index is 0.107. The molecule has 198 valence electrons. The fourth-order valence-corrected chi connectivity index (χ4v) is 5.68. The molecular weight excluding hydrogens is 478 g/mol. The normalized spacial score (nSPS) is 17.8. The zero-order valence-corrected chi connectivity index (χ0v) is 22.3. The number of carbonyl (C=O) groups excluding carboxylic acids is 1. The summed E-state index contributed by atoms with van der Waals surface area (Å²) in [5.74, 6) is 1.23. The molecule has 1 saturated carbocycles. The monoisotopic (exact) mass is 513 g/mol. The Morgan fingerprint density at radius 3 is 2.61 bits per heavy atom. The van der Waals surface area contributed by atoms with Crippen molar-refractivity contribution in [2.45, 2.75) is 71.9 Å². The van der Waals surface area contributed by atoms with Gasteiger partial charge in [-0.25, -0.2) is 4.79 Å². The first-order valence-corrected chi connectivity index (χ1v) is 13.6. The van der Waals surface area contributed by atoms with E-state index < -0.39 is 0 Å². The van der Waals surface area contributed by atoms with Crippen LogP contribution in [0.2, 0.25) is 0 Å². The van der Waals surface area contributed by atoms with Crippen LogP contribution in [-0.4, -0.2) is 40.5 Å². The second-order valence-electron chi connectivity index (χ2n) is 10.6. The summed E-state index contributed by atoms with van der Waals surface area (Å²) < 4.78 is 3.59. The Morgan fingerprint density at radius 2 is 1.89 bits per heavy atom. The molecule has 0 spiro atoms. The van der Waals surface area contributed by atoms with E-state index in [2.05, 4.69) is 46.4 Å². The van der Waals surface area contributed by atoms with Gasteiger partial charge in [0.25, 0.3) is 0 Å². The van der Waals surface area contributed by atoms with Crippen LogP contribution in [0, 0.1) is 11.8 Å². The molecule has 0 saturated heterocycles. The third-order valence-corrected chi connectivity index (χ3v) is 7.76. The third kappa shape index (κ3) is 5.10. The van der Waals surface area contributed by atoms with Crippen LogP contribution in [0.4, 0.5) is 0 Å². The number of nitrogens with one attached hydrogen (secondary N) is 1. The summed E-state index contributed by atoms with van der Waals surface area (Å²) >= 11 is 0. The van der Waals surface area contributed by atoms with E-state index in [9.17, 15) is 9.59 Å². The van der Waals surface area contributed by atoms with Gasteiger partial charge in [0.1, 0.15) is 0 Å². The van der Waals surface area contributed by atoms with E-state index in [0.29, 0.717) is 24.7 Å². The van der Waals surface area contributed by atoms with Gasteiger partial charge in [0.05, 0.1) is 12.6 Å². The lowest BCUT2D eigenvalue weighted by Gasteiger charge is -2.33. The van der Waals surface area contributed by atoms with Crippen molar-refractivity contribution < 1.29 is 4.79 Å². The number of H-pyrrole nitrogens is 1. The average molecular weight is 514 g/mol. The number of tetrazole rings is 1. The molecule has 1 aromatic carbocycles. The van der Waals surface area contributed by atoms with Crippen LogP contribution < -0.4 is 5.69 Å². The van der Waals surface area contributed by atoms with Crippen molar-refractivity contribution in [3.05, 3.63) is 70.7 Å². The Kier molecular flexibility index (Phi) is 7.62. The predicted octanol–water partition coefficient (Wildman–Crippen LogP) is 4.85. The molecule has 2 unspecified atom stereocenters. The highest BCUT2D eigenvalue weighted by atomic mass is 16.2. The van der Waals surface area contributed by atoms with Gasteiger partial charge in [-0.2, -0.15) is 5.21 Å². The molecule has 5 rings (SSSR count). The summed E-state index contributed by atoms with van der Waals surface area (Å²) in [6, 6.07) is 9.55. The first kappa shape index (κ1) is 25.8. The van der Waals surface area contributed by atoms with E-state index in [1.54, 1.807) is 10.8 Å². The molecular formula is C29H35N7O2. The molecule has 4 aromatic rings. The van der Waals surface area contributed by atoms with Crippen LogP contribution in [0.15, 0.2) is 53.7 Å². The molecule has 3 heterocycles. The third-order valence-electron chi connectivity index (χ3n) is 7.76. The number of ketones is 1. The standard InChI is InChI=1S/C29H35N7O2/c1-4-5-7-23-18-36(27-24(19(2)3)8-6-9-26(27)37)29(38)35(23)17-22-16-30-15-14-25(22)20-10-12-21(13-11-20)28-31-33-34-32-28/h10-16,18-19,24,27H,4-9,17H2,1-3H3,(H,31,32,33,34). The van der Waals surface area contributed by atoms with E-state index >= 15 is 0 Å². The van der Waals surface area contributed by atoms with Crippen LogP contribution in [0.1, 0.15) is 70.2 Å². The van der Waals surface area contributed by atoms with Gasteiger partial charge in [0, 0.05) is 36.3 Å². The van der Waals surface area contributed by atoms with Gasteiger partial charge in [0.15, 0.2) is 5.78 Å². The molecule has 0 amide bonds. The molecule has 0 bridgehead atoms. The molecule has 2 atom stereocenters. The fourth-order valence-electron chi connectivity index (χ4n) is 5.68. The Hall–Kier alpha value is -3.88. The smallest absolute Gasteiger partial charge is 0.297 e. The van der Waals surface area contributed by atoms with Gasteiger partial charge in [-0.05, 0) is 65.5 Å². The summed E-state index contributed by atoms with van der Waals surface area (Å²) in [5.41, 5.74) is 4.70. The molecule has 9 nitrogen and oxygen atoms in total. The summed E-state index contributed by atoms with van der Waals surface area (Å²) in [7, 11) is 0. The topological polar surface area (TPSA) is 111 Å². The van der Waals surface area contributed by atoms with Crippen LogP contribution in [0.3, 0.4) is 0 Å². The van der Waals surface area contributed by atoms with Crippen molar-refractivity contribution >= 4 is 5.78 Å². The number of benzene rings is 1. The molecule has 1 fully saturated rings. The van der Waals surface area contributed by atoms with E-state index in [4.69, 9.17) is 0 Å². The molecule has 9 heteroatoms. The number of aryl methyl sites for hydroxylation is 1. The zero-order chi connectivity index (χ0) is 26.6. The number of unbranched alkanes of at least 4 members (excludes halogenated alkanes) is 1. The highest BCUT2D eigenvalue weighted by molar-refractivity contribution is 5.83. The Bertz CT molecular complexity index is 1430. The van der Waals surface area contributed by atoms with Crippen LogP contribution in [0.25, 0.3) is 22.5 Å². The number of Topliss-reactive ketones (excluding diaryl/α,β-unsaturated/α-hetero) is 1. The quantitative estimate of drug-likeness (QED) is 0.342. The summed E-state index contributed by atoms with van der Waals surface area (Å²) in [5, 5.41) is 14.2. The number of hydrogen-bond acceptors (Lipinski definition) is 6. The molecule has 1 aliphatic rings. The van der Waals surface area contributed by atoms with Gasteiger partial charge in [0.2, 0.25) is 5.82 Å². The first-order chi connectivity index (χ1) is 18.5. The number of aromatic amines is 1. The van der Waals surface area contributed by atoms with Gasteiger partial charge in [-0.1, -0.05) is 51.5 Å². The average Bonchev–Trinajstić information content (AvgIpc) is 3.57. The van der Waals surface area contributed by atoms with Crippen molar-refractivity contribution in [2.24, 2.45) is 11.8 Å². The molecule has 0 radical (unpaired) electrons. The van der Waals surface area contributed by atoms with Crippen LogP contribution in [-0.2, 0) is 17.8 Å². The van der Waals surface area contributed by atoms with E-state index in [1.165, 1.54) is 0 Å². The zero-order valence-electron chi connectivity index (χ0n) is 22.3. The Balaban J connectivity index is 1.52. The lowest BCUT2D eigenvalue weighted by Crippen LogP contribution is -2.39. The largest absolute Gasteiger partial charge is 0.329 e. The summed E-state index contributed by atoms with van der Waals surface area (Å²) in [4.78, 5) is 31.4. The summed E-state index contributed by atoms with van der Waals surface area (Å²) in [6.07, 6.45) is 10.8. The number of carbonyl (C=O) groups is 1. The molecule has 38 heavy (non-hydrogen) atoms. The highest BCUT2D eigenvalue weighted by Gasteiger charge is 2.36. The fraction of sp³-hybridized carbons (Fsp3) is 0.448. The number of aromatic nitrogens is 7. The molecule has 1 aliphatic carbocycles. The number of hydrogen-bond donors (Lipinski definition) is 1. The molecule has 3 aromatic heterocycles. The van der Waals surface area contributed by atoms with E-state index in [0.717, 1.165) is 60.1 Å². The lowest BCUT2D eigenvalue weighted by molar-refractivity contribution is -0.126. The van der Waals surface area contributed by atoms with Gasteiger partial charge in [-0.3, -0.25) is 18.9 Å². The van der Waals surface area contributed by atoms with Gasteiger partial charge in [-0.15, -0.1) is 10.2 Å². The number of imidazole rings is 1. The van der Waals surface area contributed by atoms with Crippen molar-refractivity contribution in [1.82, 2.24) is 34.7 Å². The second-order valence-corrected chi connectivity index (χ2v) is 10.6. The molecule has 1 N–H and O–H groups in total.